The SMILES string of the molecule is O=C(c1ccc(F)cc1)N(Cc1cnc2ccccn12)Cc1cnc2ccccn12. The number of hydrogen-bond acceptors (Lipinski definition) is 3. The molecule has 1 aromatic carbocycles. The summed E-state index contributed by atoms with van der Waals surface area (Å²) in [5, 5.41) is 0. The lowest BCUT2D eigenvalue weighted by atomic mass is 10.2. The normalized spacial score (nSPS) is 11.2. The molecule has 0 radical (unpaired) electrons. The van der Waals surface area contributed by atoms with Gasteiger partial charge in [-0.15, -0.1) is 0 Å². The van der Waals surface area contributed by atoms with Crippen molar-refractivity contribution < 1.29 is 9.18 Å². The van der Waals surface area contributed by atoms with E-state index in [1.54, 1.807) is 17.3 Å². The number of nitrogens with zero attached hydrogens (tertiary/aromatic N) is 5. The third kappa shape index (κ3) is 3.30. The lowest BCUT2D eigenvalue weighted by molar-refractivity contribution is 0.0725. The molecule has 5 rings (SSSR count). The predicted octanol–water partition coefficient (Wildman–Crippen LogP) is 3.96. The Morgan fingerprint density at radius 1 is 0.800 bits per heavy atom. The highest BCUT2D eigenvalue weighted by molar-refractivity contribution is 5.94. The van der Waals surface area contributed by atoms with Gasteiger partial charge in [-0.05, 0) is 48.5 Å². The van der Waals surface area contributed by atoms with Crippen molar-refractivity contribution >= 4 is 17.2 Å². The lowest BCUT2D eigenvalue weighted by Gasteiger charge is -2.22. The van der Waals surface area contributed by atoms with Crippen LogP contribution in [0.25, 0.3) is 11.3 Å². The van der Waals surface area contributed by atoms with E-state index in [0.29, 0.717) is 18.7 Å². The van der Waals surface area contributed by atoms with E-state index < -0.39 is 0 Å². The number of imidazole rings is 2. The van der Waals surface area contributed by atoms with Crippen LogP contribution in [0.4, 0.5) is 4.39 Å². The van der Waals surface area contributed by atoms with E-state index in [2.05, 4.69) is 9.97 Å². The smallest absolute Gasteiger partial charge is 0.254 e. The first-order valence-corrected chi connectivity index (χ1v) is 9.56. The number of benzene rings is 1. The van der Waals surface area contributed by atoms with Gasteiger partial charge < -0.3 is 13.7 Å². The van der Waals surface area contributed by atoms with E-state index in [1.807, 2.05) is 57.6 Å². The van der Waals surface area contributed by atoms with Crippen molar-refractivity contribution in [2.75, 3.05) is 0 Å². The zero-order chi connectivity index (χ0) is 20.5. The minimum Gasteiger partial charge on any atom is -0.327 e. The second-order valence-electron chi connectivity index (χ2n) is 7.02. The molecule has 4 heterocycles. The molecule has 4 aromatic heterocycles. The number of rotatable bonds is 5. The summed E-state index contributed by atoms with van der Waals surface area (Å²) in [6, 6.07) is 17.1. The molecule has 0 saturated heterocycles. The fourth-order valence-electron chi connectivity index (χ4n) is 3.57. The summed E-state index contributed by atoms with van der Waals surface area (Å²) < 4.78 is 17.3. The monoisotopic (exact) mass is 399 g/mol. The maximum absolute atomic E-state index is 13.4. The summed E-state index contributed by atoms with van der Waals surface area (Å²) in [6.45, 7) is 0.697. The second-order valence-corrected chi connectivity index (χ2v) is 7.02. The summed E-state index contributed by atoms with van der Waals surface area (Å²) in [5.41, 5.74) is 3.83. The third-order valence-corrected chi connectivity index (χ3v) is 5.07. The van der Waals surface area contributed by atoms with Crippen molar-refractivity contribution in [3.05, 3.63) is 108 Å². The molecule has 148 valence electrons. The molecule has 6 nitrogen and oxygen atoms in total. The fraction of sp³-hybridized carbons (Fsp3) is 0.0870. The fourth-order valence-corrected chi connectivity index (χ4v) is 3.57. The molecule has 0 atom stereocenters. The first-order valence-electron chi connectivity index (χ1n) is 9.56. The summed E-state index contributed by atoms with van der Waals surface area (Å²) in [6.07, 6.45) is 7.39. The minimum absolute atomic E-state index is 0.188. The van der Waals surface area contributed by atoms with Crippen LogP contribution in [-0.2, 0) is 13.1 Å². The predicted molar refractivity (Wildman–Crippen MR) is 110 cm³/mol. The van der Waals surface area contributed by atoms with Crippen LogP contribution in [0.15, 0.2) is 85.5 Å². The number of pyridine rings is 2. The minimum atomic E-state index is -0.373. The van der Waals surface area contributed by atoms with Gasteiger partial charge in [0.15, 0.2) is 0 Å². The van der Waals surface area contributed by atoms with Crippen LogP contribution in [0, 0.1) is 5.82 Å². The average Bonchev–Trinajstić information content (AvgIpc) is 3.38. The number of halogens is 1. The Bertz CT molecular complexity index is 1260. The molecule has 0 saturated carbocycles. The molecule has 0 aliphatic carbocycles. The quantitative estimate of drug-likeness (QED) is 0.449. The van der Waals surface area contributed by atoms with Crippen LogP contribution >= 0.6 is 0 Å². The molecule has 0 aliphatic rings. The van der Waals surface area contributed by atoms with Gasteiger partial charge in [-0.1, -0.05) is 12.1 Å². The molecule has 0 fully saturated rings. The molecule has 0 unspecified atom stereocenters. The maximum Gasteiger partial charge on any atom is 0.254 e. The van der Waals surface area contributed by atoms with E-state index in [9.17, 15) is 9.18 Å². The Kier molecular flexibility index (Phi) is 4.48. The zero-order valence-electron chi connectivity index (χ0n) is 16.0. The second kappa shape index (κ2) is 7.44. The van der Waals surface area contributed by atoms with Gasteiger partial charge in [0, 0.05) is 18.0 Å². The van der Waals surface area contributed by atoms with E-state index in [4.69, 9.17) is 0 Å². The third-order valence-electron chi connectivity index (χ3n) is 5.07. The van der Waals surface area contributed by atoms with Crippen molar-refractivity contribution in [1.82, 2.24) is 23.7 Å². The van der Waals surface area contributed by atoms with Gasteiger partial charge in [0.05, 0.1) is 36.9 Å². The molecule has 5 aromatic rings. The van der Waals surface area contributed by atoms with Crippen molar-refractivity contribution in [2.24, 2.45) is 0 Å². The topological polar surface area (TPSA) is 54.9 Å². The van der Waals surface area contributed by atoms with E-state index in [1.165, 1.54) is 24.3 Å². The standard InChI is InChI=1S/C23H18FN5O/c24-18-9-7-17(8-10-18)23(30)27(15-19-13-25-21-5-1-3-11-28(19)21)16-20-14-26-22-6-2-4-12-29(20)22/h1-14H,15-16H2. The molecule has 0 aliphatic heterocycles. The van der Waals surface area contributed by atoms with Crippen molar-refractivity contribution in [3.8, 4) is 0 Å². The number of carbonyl (C=O) groups is 1. The van der Waals surface area contributed by atoms with Crippen LogP contribution in [0.3, 0.4) is 0 Å². The number of amides is 1. The van der Waals surface area contributed by atoms with Crippen molar-refractivity contribution in [3.63, 3.8) is 0 Å². The Hall–Kier alpha value is -4.00. The van der Waals surface area contributed by atoms with Gasteiger partial charge in [-0.2, -0.15) is 0 Å². The first kappa shape index (κ1) is 18.1. The molecule has 0 bridgehead atoms. The Labute approximate surface area is 171 Å². The highest BCUT2D eigenvalue weighted by atomic mass is 19.1. The highest BCUT2D eigenvalue weighted by Gasteiger charge is 2.20. The number of aromatic nitrogens is 4. The molecule has 1 amide bonds. The molecule has 7 heteroatoms. The molecular formula is C23H18FN5O. The van der Waals surface area contributed by atoms with E-state index in [0.717, 1.165) is 22.7 Å². The first-order chi connectivity index (χ1) is 14.7. The molecule has 30 heavy (non-hydrogen) atoms. The Morgan fingerprint density at radius 3 is 1.87 bits per heavy atom. The average molecular weight is 399 g/mol. The largest absolute Gasteiger partial charge is 0.327 e. The Morgan fingerprint density at radius 2 is 1.33 bits per heavy atom. The zero-order valence-corrected chi connectivity index (χ0v) is 16.0. The van der Waals surface area contributed by atoms with Crippen molar-refractivity contribution in [1.29, 1.82) is 0 Å². The Balaban J connectivity index is 1.52. The summed E-state index contributed by atoms with van der Waals surface area (Å²) in [4.78, 5) is 23.9. The number of carbonyl (C=O) groups excluding carboxylic acids is 1. The molecule has 0 N–H and O–H groups in total. The number of fused-ring (bicyclic) bond motifs is 2. The van der Waals surface area contributed by atoms with Gasteiger partial charge in [0.1, 0.15) is 17.1 Å². The van der Waals surface area contributed by atoms with Crippen LogP contribution in [0.5, 0.6) is 0 Å². The summed E-state index contributed by atoms with van der Waals surface area (Å²) >= 11 is 0. The van der Waals surface area contributed by atoms with E-state index in [-0.39, 0.29) is 11.7 Å². The van der Waals surface area contributed by atoms with Gasteiger partial charge in [0.2, 0.25) is 0 Å². The molecule has 0 spiro atoms. The number of hydrogen-bond donors (Lipinski definition) is 0. The van der Waals surface area contributed by atoms with Gasteiger partial charge in [-0.25, -0.2) is 14.4 Å². The van der Waals surface area contributed by atoms with Crippen LogP contribution in [0.2, 0.25) is 0 Å². The van der Waals surface area contributed by atoms with E-state index >= 15 is 0 Å². The van der Waals surface area contributed by atoms with Crippen LogP contribution in [-0.4, -0.2) is 29.6 Å². The maximum atomic E-state index is 13.4. The van der Waals surface area contributed by atoms with Crippen LogP contribution in [0.1, 0.15) is 21.7 Å². The van der Waals surface area contributed by atoms with Crippen LogP contribution < -0.4 is 0 Å². The van der Waals surface area contributed by atoms with Gasteiger partial charge in [0.25, 0.3) is 5.91 Å². The molecular weight excluding hydrogens is 381 g/mol. The summed E-state index contributed by atoms with van der Waals surface area (Å²) in [7, 11) is 0. The highest BCUT2D eigenvalue weighted by Crippen LogP contribution is 2.17. The van der Waals surface area contributed by atoms with Gasteiger partial charge in [-0.3, -0.25) is 4.79 Å². The lowest BCUT2D eigenvalue weighted by Crippen LogP contribution is -2.31. The summed E-state index contributed by atoms with van der Waals surface area (Å²) in [5.74, 6) is -0.562. The van der Waals surface area contributed by atoms with Gasteiger partial charge >= 0.3 is 0 Å². The van der Waals surface area contributed by atoms with Crippen molar-refractivity contribution in [2.45, 2.75) is 13.1 Å².